The number of hydrogen-bond donors (Lipinski definition) is 1. The molecule has 1 N–H and O–H groups in total. The number of amides is 1. The van der Waals surface area contributed by atoms with Gasteiger partial charge in [-0.3, -0.25) is 4.79 Å². The molecule has 2 aliphatic rings. The van der Waals surface area contributed by atoms with Crippen molar-refractivity contribution in [2.45, 2.75) is 70.9 Å². The third-order valence-corrected chi connectivity index (χ3v) is 6.09. The van der Waals surface area contributed by atoms with E-state index in [9.17, 15) is 4.79 Å². The molecule has 1 heterocycles. The SMILES string of the molecule is CC(=O)N1CCC(N(C(=S)Nc2cccc(C)c2)C2CCCCC2)CC1. The van der Waals surface area contributed by atoms with E-state index in [1.54, 1.807) is 6.92 Å². The van der Waals surface area contributed by atoms with Gasteiger partial charge in [-0.15, -0.1) is 0 Å². The highest BCUT2D eigenvalue weighted by Gasteiger charge is 2.32. The van der Waals surface area contributed by atoms with Crippen LogP contribution in [0.25, 0.3) is 0 Å². The maximum absolute atomic E-state index is 11.7. The summed E-state index contributed by atoms with van der Waals surface area (Å²) >= 11 is 5.88. The monoisotopic (exact) mass is 373 g/mol. The average Bonchev–Trinajstić information content (AvgIpc) is 2.63. The minimum absolute atomic E-state index is 0.188. The van der Waals surface area contributed by atoms with Crippen LogP contribution in [0.2, 0.25) is 0 Å². The second kappa shape index (κ2) is 8.85. The van der Waals surface area contributed by atoms with Crippen LogP contribution in [0.5, 0.6) is 0 Å². The van der Waals surface area contributed by atoms with Crippen molar-refractivity contribution in [3.63, 3.8) is 0 Å². The molecule has 5 heteroatoms. The Balaban J connectivity index is 1.72. The van der Waals surface area contributed by atoms with Gasteiger partial charge in [-0.25, -0.2) is 0 Å². The fourth-order valence-corrected chi connectivity index (χ4v) is 4.77. The van der Waals surface area contributed by atoms with Gasteiger partial charge in [-0.05, 0) is 62.5 Å². The number of carbonyl (C=O) groups excluding carboxylic acids is 1. The summed E-state index contributed by atoms with van der Waals surface area (Å²) < 4.78 is 0. The number of hydrogen-bond acceptors (Lipinski definition) is 2. The molecule has 142 valence electrons. The zero-order valence-electron chi connectivity index (χ0n) is 16.0. The first-order chi connectivity index (χ1) is 12.5. The molecule has 1 aromatic carbocycles. The number of piperidine rings is 1. The van der Waals surface area contributed by atoms with Crippen LogP contribution in [0.4, 0.5) is 5.69 Å². The average molecular weight is 374 g/mol. The van der Waals surface area contributed by atoms with E-state index in [4.69, 9.17) is 12.2 Å². The van der Waals surface area contributed by atoms with Gasteiger partial charge < -0.3 is 15.1 Å². The predicted octanol–water partition coefficient (Wildman–Crippen LogP) is 4.34. The number of anilines is 1. The Morgan fingerprint density at radius 2 is 1.77 bits per heavy atom. The van der Waals surface area contributed by atoms with E-state index in [1.165, 1.54) is 37.7 Å². The third-order valence-electron chi connectivity index (χ3n) is 5.78. The molecule has 1 amide bonds. The van der Waals surface area contributed by atoms with Crippen LogP contribution < -0.4 is 5.32 Å². The molecule has 0 spiro atoms. The summed E-state index contributed by atoms with van der Waals surface area (Å²) in [6.45, 7) is 5.46. The molecule has 1 saturated carbocycles. The number of likely N-dealkylation sites (tertiary alicyclic amines) is 1. The molecular formula is C21H31N3OS. The molecule has 1 saturated heterocycles. The minimum atomic E-state index is 0.188. The van der Waals surface area contributed by atoms with E-state index in [0.29, 0.717) is 12.1 Å². The lowest BCUT2D eigenvalue weighted by Crippen LogP contribution is -2.54. The predicted molar refractivity (Wildman–Crippen MR) is 111 cm³/mol. The number of benzene rings is 1. The van der Waals surface area contributed by atoms with Gasteiger partial charge in [0.15, 0.2) is 5.11 Å². The van der Waals surface area contributed by atoms with Crippen LogP contribution in [0, 0.1) is 6.92 Å². The molecule has 0 radical (unpaired) electrons. The Kier molecular flexibility index (Phi) is 6.52. The molecule has 0 unspecified atom stereocenters. The molecular weight excluding hydrogens is 342 g/mol. The summed E-state index contributed by atoms with van der Waals surface area (Å²) in [5.41, 5.74) is 2.30. The second-order valence-electron chi connectivity index (χ2n) is 7.74. The van der Waals surface area contributed by atoms with Gasteiger partial charge in [0.1, 0.15) is 0 Å². The lowest BCUT2D eigenvalue weighted by molar-refractivity contribution is -0.130. The molecule has 1 aliphatic heterocycles. The number of rotatable bonds is 3. The number of nitrogens with one attached hydrogen (secondary N) is 1. The molecule has 4 nitrogen and oxygen atoms in total. The fourth-order valence-electron chi connectivity index (χ4n) is 4.36. The maximum Gasteiger partial charge on any atom is 0.219 e. The summed E-state index contributed by atoms with van der Waals surface area (Å²) in [6, 6.07) is 9.35. The van der Waals surface area contributed by atoms with Gasteiger partial charge in [-0.2, -0.15) is 0 Å². The maximum atomic E-state index is 11.7. The topological polar surface area (TPSA) is 35.6 Å². The molecule has 0 atom stereocenters. The first-order valence-corrected chi connectivity index (χ1v) is 10.4. The van der Waals surface area contributed by atoms with Gasteiger partial charge >= 0.3 is 0 Å². The lowest BCUT2D eigenvalue weighted by Gasteiger charge is -2.45. The van der Waals surface area contributed by atoms with Gasteiger partial charge in [0.05, 0.1) is 0 Å². The van der Waals surface area contributed by atoms with E-state index in [2.05, 4.69) is 41.4 Å². The highest BCUT2D eigenvalue weighted by atomic mass is 32.1. The van der Waals surface area contributed by atoms with Crippen molar-refractivity contribution in [2.75, 3.05) is 18.4 Å². The van der Waals surface area contributed by atoms with Crippen molar-refractivity contribution in [3.8, 4) is 0 Å². The van der Waals surface area contributed by atoms with E-state index in [1.807, 2.05) is 4.90 Å². The Morgan fingerprint density at radius 1 is 1.12 bits per heavy atom. The molecule has 26 heavy (non-hydrogen) atoms. The summed E-state index contributed by atoms with van der Waals surface area (Å²) in [6.07, 6.45) is 8.38. The number of aryl methyl sites for hydroxylation is 1. The molecule has 1 aliphatic carbocycles. The Morgan fingerprint density at radius 3 is 2.38 bits per heavy atom. The molecule has 0 aromatic heterocycles. The van der Waals surface area contributed by atoms with Gasteiger partial charge in [0.25, 0.3) is 0 Å². The standard InChI is InChI=1S/C21H31N3OS/c1-16-7-6-8-18(15-16)22-21(26)24(19-9-4-3-5-10-19)20-11-13-23(14-12-20)17(2)25/h6-8,15,19-20H,3-5,9-14H2,1-2H3,(H,22,26). The van der Waals surface area contributed by atoms with E-state index >= 15 is 0 Å². The Bertz CT molecular complexity index is 634. The summed E-state index contributed by atoms with van der Waals surface area (Å²) in [5.74, 6) is 0.188. The van der Waals surface area contributed by atoms with Crippen molar-refractivity contribution in [3.05, 3.63) is 29.8 Å². The van der Waals surface area contributed by atoms with Crippen LogP contribution in [-0.4, -0.2) is 46.0 Å². The van der Waals surface area contributed by atoms with E-state index in [0.717, 1.165) is 36.7 Å². The smallest absolute Gasteiger partial charge is 0.219 e. The highest BCUT2D eigenvalue weighted by molar-refractivity contribution is 7.80. The van der Waals surface area contributed by atoms with Crippen LogP contribution in [0.15, 0.2) is 24.3 Å². The first-order valence-electron chi connectivity index (χ1n) is 9.96. The van der Waals surface area contributed by atoms with Gasteiger partial charge in [-0.1, -0.05) is 31.4 Å². The van der Waals surface area contributed by atoms with Crippen molar-refractivity contribution >= 4 is 28.9 Å². The lowest BCUT2D eigenvalue weighted by atomic mass is 9.91. The summed E-state index contributed by atoms with van der Waals surface area (Å²) in [7, 11) is 0. The fraction of sp³-hybridized carbons (Fsp3) is 0.619. The quantitative estimate of drug-likeness (QED) is 0.800. The number of nitrogens with zero attached hydrogens (tertiary/aromatic N) is 2. The molecule has 2 fully saturated rings. The number of carbonyl (C=O) groups is 1. The van der Waals surface area contributed by atoms with Crippen LogP contribution in [0.3, 0.4) is 0 Å². The van der Waals surface area contributed by atoms with E-state index < -0.39 is 0 Å². The van der Waals surface area contributed by atoms with Crippen molar-refractivity contribution < 1.29 is 4.79 Å². The second-order valence-corrected chi connectivity index (χ2v) is 8.12. The van der Waals surface area contributed by atoms with Crippen LogP contribution in [-0.2, 0) is 4.79 Å². The van der Waals surface area contributed by atoms with Crippen molar-refractivity contribution in [2.24, 2.45) is 0 Å². The number of thiocarbonyl (C=S) groups is 1. The van der Waals surface area contributed by atoms with Gasteiger partial charge in [0, 0.05) is 37.8 Å². The summed E-state index contributed by atoms with van der Waals surface area (Å²) in [5, 5.41) is 4.34. The van der Waals surface area contributed by atoms with Crippen molar-refractivity contribution in [1.29, 1.82) is 0 Å². The Hall–Kier alpha value is -1.62. The van der Waals surface area contributed by atoms with Gasteiger partial charge in [0.2, 0.25) is 5.91 Å². The molecule has 1 aromatic rings. The zero-order valence-corrected chi connectivity index (χ0v) is 16.9. The minimum Gasteiger partial charge on any atom is -0.343 e. The highest BCUT2D eigenvalue weighted by Crippen LogP contribution is 2.29. The summed E-state index contributed by atoms with van der Waals surface area (Å²) in [4.78, 5) is 16.1. The van der Waals surface area contributed by atoms with E-state index in [-0.39, 0.29) is 5.91 Å². The third kappa shape index (κ3) is 4.76. The van der Waals surface area contributed by atoms with Crippen molar-refractivity contribution in [1.82, 2.24) is 9.80 Å². The molecule has 3 rings (SSSR count). The Labute approximate surface area is 162 Å². The first kappa shape index (κ1) is 19.2. The largest absolute Gasteiger partial charge is 0.343 e. The zero-order chi connectivity index (χ0) is 18.5. The van der Waals surface area contributed by atoms with Crippen LogP contribution >= 0.6 is 12.2 Å². The molecule has 0 bridgehead atoms. The normalized spacial score (nSPS) is 19.2. The van der Waals surface area contributed by atoms with Crippen LogP contribution in [0.1, 0.15) is 57.4 Å².